The van der Waals surface area contributed by atoms with Gasteiger partial charge in [-0.05, 0) is 40.8 Å². The van der Waals surface area contributed by atoms with Crippen LogP contribution < -0.4 is 11.1 Å². The van der Waals surface area contributed by atoms with Crippen LogP contribution in [0.5, 0.6) is 0 Å². The van der Waals surface area contributed by atoms with Gasteiger partial charge in [0.2, 0.25) is 5.82 Å². The molecule has 140 valence electrons. The highest BCUT2D eigenvalue weighted by molar-refractivity contribution is 7.11. The van der Waals surface area contributed by atoms with Gasteiger partial charge >= 0.3 is 0 Å². The average Bonchev–Trinajstić information content (AvgIpc) is 3.45. The monoisotopic (exact) mass is 389 g/mol. The first-order chi connectivity index (χ1) is 13.8. The van der Waals surface area contributed by atoms with Crippen LogP contribution in [0.25, 0.3) is 23.0 Å². The zero-order chi connectivity index (χ0) is 19.3. The molecule has 0 fully saturated rings. The predicted octanol–water partition coefficient (Wildman–Crippen LogP) is 4.28. The Hall–Kier alpha value is -3.29. The molecule has 4 rings (SSSR count). The Labute approximate surface area is 166 Å². The molecule has 0 amide bonds. The number of nitrogens with two attached hydrogens (primary N) is 1. The van der Waals surface area contributed by atoms with E-state index < -0.39 is 0 Å². The van der Waals surface area contributed by atoms with Crippen LogP contribution in [-0.2, 0) is 6.54 Å². The van der Waals surface area contributed by atoms with Crippen molar-refractivity contribution in [1.29, 1.82) is 0 Å². The summed E-state index contributed by atoms with van der Waals surface area (Å²) in [6, 6.07) is 15.9. The highest BCUT2D eigenvalue weighted by Gasteiger charge is 2.17. The summed E-state index contributed by atoms with van der Waals surface area (Å²) in [6.07, 6.45) is 3.77. The van der Waals surface area contributed by atoms with Gasteiger partial charge in [-0.2, -0.15) is 4.98 Å². The molecule has 0 aliphatic heterocycles. The van der Waals surface area contributed by atoms with E-state index in [-0.39, 0.29) is 0 Å². The number of thiophene rings is 1. The van der Waals surface area contributed by atoms with Crippen LogP contribution in [-0.4, -0.2) is 22.2 Å². The Balaban J connectivity index is 1.76. The minimum atomic E-state index is 0.464. The third-order valence-electron chi connectivity index (χ3n) is 4.25. The number of nitrogens with one attached hydrogen (secondary N) is 1. The zero-order valence-corrected chi connectivity index (χ0v) is 16.1. The molecule has 0 spiro atoms. The first kappa shape index (κ1) is 18.1. The molecule has 0 aliphatic carbocycles. The number of pyridine rings is 1. The van der Waals surface area contributed by atoms with E-state index in [1.54, 1.807) is 17.5 Å². The van der Waals surface area contributed by atoms with E-state index in [1.807, 2.05) is 67.0 Å². The summed E-state index contributed by atoms with van der Waals surface area (Å²) < 4.78 is 5.62. The van der Waals surface area contributed by atoms with Gasteiger partial charge in [0.1, 0.15) is 5.82 Å². The zero-order valence-electron chi connectivity index (χ0n) is 15.3. The second-order valence-electron chi connectivity index (χ2n) is 6.05. The van der Waals surface area contributed by atoms with Crippen molar-refractivity contribution in [3.8, 4) is 11.4 Å². The van der Waals surface area contributed by atoms with E-state index in [0.717, 1.165) is 27.1 Å². The normalized spacial score (nSPS) is 11.6. The molecule has 4 aromatic rings. The van der Waals surface area contributed by atoms with Crippen molar-refractivity contribution in [3.05, 3.63) is 82.0 Å². The van der Waals surface area contributed by atoms with Crippen molar-refractivity contribution in [2.75, 3.05) is 12.4 Å². The lowest BCUT2D eigenvalue weighted by Crippen LogP contribution is -1.96. The smallest absolute Gasteiger partial charge is 0.259 e. The van der Waals surface area contributed by atoms with Crippen LogP contribution in [0, 0.1) is 0 Å². The van der Waals surface area contributed by atoms with Gasteiger partial charge in [0.25, 0.3) is 5.89 Å². The molecule has 0 atom stereocenters. The van der Waals surface area contributed by atoms with Gasteiger partial charge in [-0.25, -0.2) is 4.98 Å². The van der Waals surface area contributed by atoms with Gasteiger partial charge in [0.05, 0.1) is 11.1 Å². The van der Waals surface area contributed by atoms with Crippen molar-refractivity contribution in [3.63, 3.8) is 0 Å². The molecule has 0 bridgehead atoms. The summed E-state index contributed by atoms with van der Waals surface area (Å²) in [6.45, 7) is 0.522. The Morgan fingerprint density at radius 1 is 1.18 bits per heavy atom. The van der Waals surface area contributed by atoms with E-state index in [0.29, 0.717) is 24.1 Å². The molecular formula is C21H19N5OS. The average molecular weight is 389 g/mol. The van der Waals surface area contributed by atoms with Crippen molar-refractivity contribution in [2.45, 2.75) is 6.54 Å². The topological polar surface area (TPSA) is 89.9 Å². The van der Waals surface area contributed by atoms with Crippen molar-refractivity contribution < 1.29 is 4.52 Å². The van der Waals surface area contributed by atoms with E-state index in [9.17, 15) is 0 Å². The lowest BCUT2D eigenvalue weighted by molar-refractivity contribution is 0.409. The molecule has 28 heavy (non-hydrogen) atoms. The third-order valence-corrected chi connectivity index (χ3v) is 5.16. The van der Waals surface area contributed by atoms with Crippen LogP contribution in [0.4, 0.5) is 5.82 Å². The van der Waals surface area contributed by atoms with Gasteiger partial charge in [-0.15, -0.1) is 11.3 Å². The Kier molecular flexibility index (Phi) is 5.27. The minimum Gasteiger partial charge on any atom is -0.373 e. The molecule has 3 aromatic heterocycles. The molecule has 7 heteroatoms. The highest BCUT2D eigenvalue weighted by Crippen LogP contribution is 2.31. The Bertz CT molecular complexity index is 1080. The van der Waals surface area contributed by atoms with Gasteiger partial charge in [0, 0.05) is 24.7 Å². The number of benzene rings is 1. The third kappa shape index (κ3) is 3.71. The fourth-order valence-corrected chi connectivity index (χ4v) is 3.55. The molecule has 0 unspecified atom stereocenters. The molecule has 0 saturated carbocycles. The van der Waals surface area contributed by atoms with Crippen LogP contribution in [0.2, 0.25) is 0 Å². The summed E-state index contributed by atoms with van der Waals surface area (Å²) in [7, 11) is 1.81. The van der Waals surface area contributed by atoms with E-state index >= 15 is 0 Å². The summed E-state index contributed by atoms with van der Waals surface area (Å²) in [4.78, 5) is 10.00. The molecule has 3 heterocycles. The summed E-state index contributed by atoms with van der Waals surface area (Å²) >= 11 is 1.62. The van der Waals surface area contributed by atoms with Gasteiger partial charge < -0.3 is 15.6 Å². The second-order valence-corrected chi connectivity index (χ2v) is 7.00. The fraction of sp³-hybridized carbons (Fsp3) is 0.0952. The van der Waals surface area contributed by atoms with Crippen LogP contribution in [0.3, 0.4) is 0 Å². The Morgan fingerprint density at radius 2 is 2.04 bits per heavy atom. The molecular weight excluding hydrogens is 370 g/mol. The number of aromatic nitrogens is 3. The maximum Gasteiger partial charge on any atom is 0.259 e. The number of rotatable bonds is 6. The first-order valence-corrected chi connectivity index (χ1v) is 9.68. The maximum atomic E-state index is 5.69. The second kappa shape index (κ2) is 8.16. The first-order valence-electron chi connectivity index (χ1n) is 8.80. The highest BCUT2D eigenvalue weighted by atomic mass is 32.1. The summed E-state index contributed by atoms with van der Waals surface area (Å²) in [5.74, 6) is 1.66. The molecule has 3 N–H and O–H groups in total. The van der Waals surface area contributed by atoms with Crippen molar-refractivity contribution in [2.24, 2.45) is 5.73 Å². The largest absolute Gasteiger partial charge is 0.373 e. The predicted molar refractivity (Wildman–Crippen MR) is 113 cm³/mol. The maximum absolute atomic E-state index is 5.69. The van der Waals surface area contributed by atoms with Crippen molar-refractivity contribution >= 4 is 28.8 Å². The van der Waals surface area contributed by atoms with Crippen LogP contribution >= 0.6 is 11.3 Å². The van der Waals surface area contributed by atoms with Gasteiger partial charge in [-0.1, -0.05) is 35.5 Å². The number of nitrogens with zero attached hydrogens (tertiary/aromatic N) is 3. The SMILES string of the molecule is CNc1ncccc1-c1noc(/C(=C/c2ccc(CN)cc2)c2cccs2)n1. The van der Waals surface area contributed by atoms with Crippen LogP contribution in [0.15, 0.2) is 64.6 Å². The number of hydrogen-bond acceptors (Lipinski definition) is 7. The molecule has 1 aromatic carbocycles. The van der Waals surface area contributed by atoms with E-state index in [1.165, 1.54) is 0 Å². The fourth-order valence-electron chi connectivity index (χ4n) is 2.81. The molecule has 0 saturated heterocycles. The van der Waals surface area contributed by atoms with Crippen LogP contribution in [0.1, 0.15) is 21.9 Å². The van der Waals surface area contributed by atoms with Crippen molar-refractivity contribution in [1.82, 2.24) is 15.1 Å². The summed E-state index contributed by atoms with van der Waals surface area (Å²) in [5.41, 5.74) is 9.49. The Morgan fingerprint density at radius 3 is 2.75 bits per heavy atom. The number of anilines is 1. The molecule has 0 aliphatic rings. The minimum absolute atomic E-state index is 0.464. The molecule has 6 nitrogen and oxygen atoms in total. The number of hydrogen-bond donors (Lipinski definition) is 2. The lowest BCUT2D eigenvalue weighted by Gasteiger charge is -2.03. The van der Waals surface area contributed by atoms with E-state index in [2.05, 4.69) is 20.4 Å². The lowest BCUT2D eigenvalue weighted by atomic mass is 10.1. The summed E-state index contributed by atoms with van der Waals surface area (Å²) in [5, 5.41) is 9.26. The quantitative estimate of drug-likeness (QED) is 0.511. The standard InChI is InChI=1S/C21H19N5OS/c1-23-19-16(4-2-10-24-19)20-25-21(27-26-20)17(18-5-3-11-28-18)12-14-6-8-15(13-22)9-7-14/h2-12H,13,22H2,1H3,(H,23,24)/b17-12+. The van der Waals surface area contributed by atoms with Gasteiger partial charge in [-0.3, -0.25) is 0 Å². The van der Waals surface area contributed by atoms with Gasteiger partial charge in [0.15, 0.2) is 0 Å². The van der Waals surface area contributed by atoms with E-state index in [4.69, 9.17) is 10.3 Å². The molecule has 0 radical (unpaired) electrons.